The second-order valence-electron chi connectivity index (χ2n) is 7.19. The number of halogens is 1. The molecule has 0 amide bonds. The van der Waals surface area contributed by atoms with Crippen molar-refractivity contribution in [2.75, 3.05) is 7.11 Å². The lowest BCUT2D eigenvalue weighted by molar-refractivity contribution is -0.142. The van der Waals surface area contributed by atoms with E-state index in [9.17, 15) is 19.5 Å². The lowest BCUT2D eigenvalue weighted by Gasteiger charge is -2.11. The number of hydrogen-bond acceptors (Lipinski definition) is 6. The molecule has 2 heterocycles. The van der Waals surface area contributed by atoms with Crippen molar-refractivity contribution in [2.45, 2.75) is 12.5 Å². The van der Waals surface area contributed by atoms with Crippen LogP contribution >= 0.6 is 11.6 Å². The Morgan fingerprint density at radius 3 is 2.67 bits per heavy atom. The molecule has 168 valence electrons. The third-order valence-electron chi connectivity index (χ3n) is 5.15. The van der Waals surface area contributed by atoms with Crippen molar-refractivity contribution < 1.29 is 14.6 Å². The topological polar surface area (TPSA) is 130 Å². The van der Waals surface area contributed by atoms with Crippen molar-refractivity contribution in [1.82, 2.24) is 14.5 Å². The highest BCUT2D eigenvalue weighted by molar-refractivity contribution is 6.30. The highest BCUT2D eigenvalue weighted by atomic mass is 35.5. The molecule has 0 spiro atoms. The summed E-state index contributed by atoms with van der Waals surface area (Å²) in [4.78, 5) is 46.6. The Balaban J connectivity index is 1.72. The predicted octanol–water partition coefficient (Wildman–Crippen LogP) is 2.57. The van der Waals surface area contributed by atoms with Gasteiger partial charge in [-0.15, -0.1) is 0 Å². The van der Waals surface area contributed by atoms with Gasteiger partial charge >= 0.3 is 11.7 Å². The van der Waals surface area contributed by atoms with Crippen LogP contribution in [-0.4, -0.2) is 45.0 Å². The van der Waals surface area contributed by atoms with Gasteiger partial charge in [-0.05, 0) is 35.9 Å². The van der Waals surface area contributed by atoms with Crippen LogP contribution in [0.1, 0.15) is 11.1 Å². The molecule has 0 aliphatic heterocycles. The largest absolute Gasteiger partial charge is 0.493 e. The number of aromatic amines is 2. The number of aromatic hydroxyl groups is 1. The number of hydrogen-bond donors (Lipinski definition) is 3. The zero-order chi connectivity index (χ0) is 23.5. The first-order valence-corrected chi connectivity index (χ1v) is 10.3. The van der Waals surface area contributed by atoms with Gasteiger partial charge in [0, 0.05) is 34.8 Å². The van der Waals surface area contributed by atoms with Crippen LogP contribution < -0.4 is 11.2 Å². The highest BCUT2D eigenvalue weighted by Crippen LogP contribution is 2.21. The van der Waals surface area contributed by atoms with E-state index in [1.54, 1.807) is 6.20 Å². The van der Waals surface area contributed by atoms with Crippen molar-refractivity contribution in [3.8, 4) is 11.6 Å². The number of benzene rings is 2. The van der Waals surface area contributed by atoms with Gasteiger partial charge < -0.3 is 14.8 Å². The van der Waals surface area contributed by atoms with Crippen LogP contribution in [0.15, 0.2) is 69.3 Å². The standard InChI is InChI=1S/C23H19ClN4O5/c1-33-22(31)19(10-13-11-25-18-5-3-2-4-16(13)18)26-12-17-20(29)27-23(32)28(21(17)30)15-8-6-14(24)7-9-15/h2-9,11-12,19,25,30H,10H2,1H3,(H,27,29,32)/t19-/m0/s1. The van der Waals surface area contributed by atoms with Crippen LogP contribution in [0.4, 0.5) is 0 Å². The van der Waals surface area contributed by atoms with Crippen LogP contribution in [-0.2, 0) is 16.0 Å². The molecule has 2 aromatic carbocycles. The van der Waals surface area contributed by atoms with Crippen molar-refractivity contribution in [3.63, 3.8) is 0 Å². The minimum Gasteiger partial charge on any atom is -0.493 e. The zero-order valence-electron chi connectivity index (χ0n) is 17.4. The average molecular weight is 467 g/mol. The fourth-order valence-electron chi connectivity index (χ4n) is 3.49. The van der Waals surface area contributed by atoms with E-state index in [2.05, 4.69) is 15.0 Å². The summed E-state index contributed by atoms with van der Waals surface area (Å²) in [7, 11) is 1.24. The number of aromatic nitrogens is 3. The lowest BCUT2D eigenvalue weighted by Crippen LogP contribution is -2.31. The summed E-state index contributed by atoms with van der Waals surface area (Å²) in [5.41, 5.74) is 0.0718. The first-order valence-electron chi connectivity index (χ1n) is 9.89. The molecule has 4 rings (SSSR count). The fourth-order valence-corrected chi connectivity index (χ4v) is 3.62. The van der Waals surface area contributed by atoms with Crippen molar-refractivity contribution in [2.24, 2.45) is 4.99 Å². The Bertz CT molecular complexity index is 1470. The number of nitrogens with zero attached hydrogens (tertiary/aromatic N) is 2. The maximum absolute atomic E-state index is 12.4. The molecule has 3 N–H and O–H groups in total. The number of rotatable bonds is 6. The average Bonchev–Trinajstić information content (AvgIpc) is 3.21. The first-order chi connectivity index (χ1) is 15.9. The Morgan fingerprint density at radius 1 is 1.21 bits per heavy atom. The van der Waals surface area contributed by atoms with Crippen molar-refractivity contribution >= 4 is 34.7 Å². The predicted molar refractivity (Wildman–Crippen MR) is 125 cm³/mol. The van der Waals surface area contributed by atoms with Gasteiger partial charge in [0.1, 0.15) is 5.56 Å². The molecule has 33 heavy (non-hydrogen) atoms. The highest BCUT2D eigenvalue weighted by Gasteiger charge is 2.21. The van der Waals surface area contributed by atoms with Gasteiger partial charge in [-0.1, -0.05) is 29.8 Å². The minimum absolute atomic E-state index is 0.197. The molecule has 4 aromatic rings. The number of carbonyl (C=O) groups excluding carboxylic acids is 1. The van der Waals surface area contributed by atoms with Gasteiger partial charge in [0.2, 0.25) is 5.88 Å². The molecule has 0 saturated carbocycles. The molecule has 0 saturated heterocycles. The number of nitrogens with one attached hydrogen (secondary N) is 2. The van der Waals surface area contributed by atoms with Crippen molar-refractivity contribution in [1.29, 1.82) is 0 Å². The molecule has 0 fully saturated rings. The summed E-state index contributed by atoms with van der Waals surface area (Å²) in [6, 6.07) is 12.7. The summed E-state index contributed by atoms with van der Waals surface area (Å²) >= 11 is 5.88. The number of fused-ring (bicyclic) bond motifs is 1. The molecule has 9 nitrogen and oxygen atoms in total. The smallest absolute Gasteiger partial charge is 0.335 e. The van der Waals surface area contributed by atoms with Crippen LogP contribution in [0.25, 0.3) is 16.6 Å². The van der Waals surface area contributed by atoms with E-state index in [4.69, 9.17) is 16.3 Å². The number of esters is 1. The molecule has 10 heteroatoms. The van der Waals surface area contributed by atoms with E-state index in [-0.39, 0.29) is 17.7 Å². The first kappa shape index (κ1) is 22.1. The molecular weight excluding hydrogens is 448 g/mol. The molecule has 0 aliphatic rings. The van der Waals surface area contributed by atoms with E-state index in [1.165, 1.54) is 31.4 Å². The number of H-pyrrole nitrogens is 2. The van der Waals surface area contributed by atoms with E-state index in [1.807, 2.05) is 24.3 Å². The molecule has 0 unspecified atom stereocenters. The second kappa shape index (κ2) is 9.17. The van der Waals surface area contributed by atoms with Gasteiger partial charge in [0.05, 0.1) is 12.8 Å². The van der Waals surface area contributed by atoms with E-state index < -0.39 is 29.1 Å². The third kappa shape index (κ3) is 4.44. The number of carbonyl (C=O) groups is 1. The van der Waals surface area contributed by atoms with Crippen LogP contribution in [0.5, 0.6) is 5.88 Å². The summed E-state index contributed by atoms with van der Waals surface area (Å²) in [5.74, 6) is -1.23. The Labute approximate surface area is 192 Å². The maximum Gasteiger partial charge on any atom is 0.335 e. The second-order valence-corrected chi connectivity index (χ2v) is 7.63. The SMILES string of the molecule is COC(=O)[C@H](Cc1c[nH]c2ccccc12)N=Cc1c(O)n(-c2ccc(Cl)cc2)c(=O)[nH]c1=O. The summed E-state index contributed by atoms with van der Waals surface area (Å²) in [6.07, 6.45) is 3.04. The third-order valence-corrected chi connectivity index (χ3v) is 5.40. The van der Waals surface area contributed by atoms with Crippen LogP contribution in [0.2, 0.25) is 5.02 Å². The fraction of sp³-hybridized carbons (Fsp3) is 0.130. The maximum atomic E-state index is 12.4. The van der Waals surface area contributed by atoms with Crippen LogP contribution in [0.3, 0.4) is 0 Å². The van der Waals surface area contributed by atoms with Crippen molar-refractivity contribution in [3.05, 3.63) is 91.7 Å². The van der Waals surface area contributed by atoms with Gasteiger partial charge in [0.15, 0.2) is 6.04 Å². The normalized spacial score (nSPS) is 12.3. The lowest BCUT2D eigenvalue weighted by atomic mass is 10.1. The van der Waals surface area contributed by atoms with Gasteiger partial charge in [-0.3, -0.25) is 14.8 Å². The number of ether oxygens (including phenoxy) is 1. The van der Waals surface area contributed by atoms with E-state index in [0.29, 0.717) is 5.02 Å². The van der Waals surface area contributed by atoms with Crippen LogP contribution in [0, 0.1) is 0 Å². The van der Waals surface area contributed by atoms with Gasteiger partial charge in [-0.25, -0.2) is 14.2 Å². The Kier molecular flexibility index (Phi) is 6.14. The summed E-state index contributed by atoms with van der Waals surface area (Å²) in [6.45, 7) is 0. The molecule has 0 bridgehead atoms. The summed E-state index contributed by atoms with van der Waals surface area (Å²) < 4.78 is 5.78. The molecule has 0 radical (unpaired) electrons. The Hall–Kier alpha value is -4.11. The minimum atomic E-state index is -0.982. The monoisotopic (exact) mass is 466 g/mol. The van der Waals surface area contributed by atoms with Gasteiger partial charge in [-0.2, -0.15) is 0 Å². The molecule has 0 aliphatic carbocycles. The Morgan fingerprint density at radius 2 is 1.94 bits per heavy atom. The molecular formula is C23H19ClN4O5. The number of para-hydroxylation sites is 1. The molecule has 1 atom stereocenters. The van der Waals surface area contributed by atoms with Gasteiger partial charge in [0.25, 0.3) is 5.56 Å². The number of methoxy groups -OCH3 is 1. The quantitative estimate of drug-likeness (QED) is 0.297. The zero-order valence-corrected chi connectivity index (χ0v) is 18.2. The molecule has 2 aromatic heterocycles. The van der Waals surface area contributed by atoms with E-state index in [0.717, 1.165) is 27.2 Å². The van der Waals surface area contributed by atoms with E-state index >= 15 is 0 Å². The summed E-state index contributed by atoms with van der Waals surface area (Å²) in [5, 5.41) is 12.0. The number of aliphatic imine (C=N–C) groups is 1.